The lowest BCUT2D eigenvalue weighted by molar-refractivity contribution is -0.130. The van der Waals surface area contributed by atoms with Crippen LogP contribution in [0.2, 0.25) is 0 Å². The van der Waals surface area contributed by atoms with Crippen LogP contribution in [0.3, 0.4) is 0 Å². The third-order valence-corrected chi connectivity index (χ3v) is 4.28. The molecule has 31 heavy (non-hydrogen) atoms. The van der Waals surface area contributed by atoms with Crippen molar-refractivity contribution in [2.75, 3.05) is 18.5 Å². The van der Waals surface area contributed by atoms with Crippen molar-refractivity contribution in [1.82, 2.24) is 10.6 Å². The van der Waals surface area contributed by atoms with Crippen LogP contribution >= 0.6 is 0 Å². The average molecular weight is 425 g/mol. The van der Waals surface area contributed by atoms with Crippen LogP contribution < -0.4 is 16.0 Å². The van der Waals surface area contributed by atoms with Crippen LogP contribution in [0.25, 0.3) is 0 Å². The first kappa shape index (κ1) is 23.6. The maximum Gasteiger partial charge on any atom is 0.340 e. The zero-order valence-electron chi connectivity index (χ0n) is 17.6. The predicted molar refractivity (Wildman–Crippen MR) is 116 cm³/mol. The first-order valence-electron chi connectivity index (χ1n) is 10.1. The fourth-order valence-electron chi connectivity index (χ4n) is 2.70. The summed E-state index contributed by atoms with van der Waals surface area (Å²) in [6.45, 7) is 3.44. The zero-order valence-corrected chi connectivity index (χ0v) is 17.6. The third-order valence-electron chi connectivity index (χ3n) is 4.28. The summed E-state index contributed by atoms with van der Waals surface area (Å²) in [5, 5.41) is 7.84. The molecular weight excluding hydrogens is 398 g/mol. The van der Waals surface area contributed by atoms with Crippen molar-refractivity contribution in [2.45, 2.75) is 32.7 Å². The third kappa shape index (κ3) is 7.93. The van der Waals surface area contributed by atoms with Gasteiger partial charge in [-0.25, -0.2) is 4.79 Å². The summed E-state index contributed by atoms with van der Waals surface area (Å²) < 4.78 is 5.06. The molecule has 0 radical (unpaired) electrons. The monoisotopic (exact) mass is 425 g/mol. The Morgan fingerprint density at radius 3 is 2.32 bits per heavy atom. The quantitative estimate of drug-likeness (QED) is 0.504. The molecule has 3 amide bonds. The highest BCUT2D eigenvalue weighted by Gasteiger charge is 2.18. The van der Waals surface area contributed by atoms with E-state index in [1.165, 1.54) is 6.07 Å². The van der Waals surface area contributed by atoms with E-state index in [9.17, 15) is 19.2 Å². The van der Waals surface area contributed by atoms with Crippen LogP contribution in [0.5, 0.6) is 0 Å². The SMILES string of the molecule is CCCNC(=O)[C@H](C)NC(=O)COC(=O)c1ccccc1NC(=O)Cc1ccccc1. The van der Waals surface area contributed by atoms with E-state index in [4.69, 9.17) is 4.74 Å². The Bertz CT molecular complexity index is 914. The standard InChI is InChI=1S/C23H27N3O5/c1-3-13-24-22(29)16(2)25-21(28)15-31-23(30)18-11-7-8-12-19(18)26-20(27)14-17-9-5-4-6-10-17/h4-12,16H,3,13-15H2,1-2H3,(H,24,29)(H,25,28)(H,26,27)/t16-/m0/s1. The van der Waals surface area contributed by atoms with E-state index in [0.717, 1.165) is 12.0 Å². The Balaban J connectivity index is 1.90. The van der Waals surface area contributed by atoms with Crippen LogP contribution in [-0.2, 0) is 25.5 Å². The molecule has 0 aromatic heterocycles. The number of amides is 3. The van der Waals surface area contributed by atoms with Gasteiger partial charge in [0.05, 0.1) is 17.7 Å². The van der Waals surface area contributed by atoms with Gasteiger partial charge in [-0.1, -0.05) is 49.4 Å². The Kier molecular flexibility index (Phi) is 9.22. The molecule has 2 rings (SSSR count). The lowest BCUT2D eigenvalue weighted by Crippen LogP contribution is -2.46. The lowest BCUT2D eigenvalue weighted by Gasteiger charge is -2.14. The molecule has 0 bridgehead atoms. The minimum Gasteiger partial charge on any atom is -0.452 e. The molecule has 3 N–H and O–H groups in total. The number of para-hydroxylation sites is 1. The van der Waals surface area contributed by atoms with Gasteiger partial charge in [-0.2, -0.15) is 0 Å². The van der Waals surface area contributed by atoms with E-state index in [1.807, 2.05) is 37.3 Å². The van der Waals surface area contributed by atoms with Crippen molar-refractivity contribution in [3.05, 3.63) is 65.7 Å². The number of carbonyl (C=O) groups is 4. The first-order valence-corrected chi connectivity index (χ1v) is 10.1. The van der Waals surface area contributed by atoms with Crippen LogP contribution in [-0.4, -0.2) is 42.9 Å². The molecule has 0 spiro atoms. The maximum atomic E-state index is 12.4. The van der Waals surface area contributed by atoms with Gasteiger partial charge in [-0.3, -0.25) is 14.4 Å². The number of hydrogen-bond acceptors (Lipinski definition) is 5. The Morgan fingerprint density at radius 1 is 0.935 bits per heavy atom. The number of hydrogen-bond donors (Lipinski definition) is 3. The van der Waals surface area contributed by atoms with Gasteiger partial charge >= 0.3 is 5.97 Å². The molecule has 2 aromatic carbocycles. The summed E-state index contributed by atoms with van der Waals surface area (Å²) in [6.07, 6.45) is 0.940. The number of rotatable bonds is 10. The maximum absolute atomic E-state index is 12.4. The second-order valence-corrected chi connectivity index (χ2v) is 6.91. The molecule has 2 aromatic rings. The molecule has 0 fully saturated rings. The molecular formula is C23H27N3O5. The zero-order chi connectivity index (χ0) is 22.6. The number of benzene rings is 2. The van der Waals surface area contributed by atoms with Gasteiger partial charge in [0, 0.05) is 6.54 Å². The number of ether oxygens (including phenoxy) is 1. The fourth-order valence-corrected chi connectivity index (χ4v) is 2.70. The molecule has 0 saturated carbocycles. The summed E-state index contributed by atoms with van der Waals surface area (Å²) in [6, 6.07) is 14.9. The second-order valence-electron chi connectivity index (χ2n) is 6.91. The molecule has 0 heterocycles. The summed E-state index contributed by atoms with van der Waals surface area (Å²) in [4.78, 5) is 48.6. The molecule has 1 atom stereocenters. The van der Waals surface area contributed by atoms with Crippen molar-refractivity contribution >= 4 is 29.4 Å². The van der Waals surface area contributed by atoms with E-state index in [2.05, 4.69) is 16.0 Å². The van der Waals surface area contributed by atoms with Crippen molar-refractivity contribution in [2.24, 2.45) is 0 Å². The van der Waals surface area contributed by atoms with Gasteiger partial charge in [-0.05, 0) is 31.0 Å². The number of esters is 1. The number of anilines is 1. The summed E-state index contributed by atoms with van der Waals surface area (Å²) in [5.41, 5.74) is 1.26. The van der Waals surface area contributed by atoms with E-state index in [1.54, 1.807) is 25.1 Å². The van der Waals surface area contributed by atoms with E-state index in [-0.39, 0.29) is 23.8 Å². The molecule has 0 aliphatic rings. The van der Waals surface area contributed by atoms with Crippen LogP contribution in [0.4, 0.5) is 5.69 Å². The van der Waals surface area contributed by atoms with Gasteiger partial charge in [-0.15, -0.1) is 0 Å². The molecule has 0 saturated heterocycles. The molecule has 8 heteroatoms. The van der Waals surface area contributed by atoms with Gasteiger partial charge in [0.1, 0.15) is 6.04 Å². The summed E-state index contributed by atoms with van der Waals surface area (Å²) in [5.74, 6) is -1.95. The topological polar surface area (TPSA) is 114 Å². The normalized spacial score (nSPS) is 11.2. The van der Waals surface area contributed by atoms with Crippen molar-refractivity contribution in [1.29, 1.82) is 0 Å². The Labute approximate surface area is 181 Å². The summed E-state index contributed by atoms with van der Waals surface area (Å²) >= 11 is 0. The summed E-state index contributed by atoms with van der Waals surface area (Å²) in [7, 11) is 0. The average Bonchev–Trinajstić information content (AvgIpc) is 2.76. The first-order chi connectivity index (χ1) is 14.9. The number of nitrogens with one attached hydrogen (secondary N) is 3. The van der Waals surface area contributed by atoms with Crippen molar-refractivity contribution in [3.8, 4) is 0 Å². The molecule has 0 unspecified atom stereocenters. The lowest BCUT2D eigenvalue weighted by atomic mass is 10.1. The Morgan fingerprint density at radius 2 is 1.61 bits per heavy atom. The van der Waals surface area contributed by atoms with Crippen LogP contribution in [0, 0.1) is 0 Å². The molecule has 8 nitrogen and oxygen atoms in total. The highest BCUT2D eigenvalue weighted by atomic mass is 16.5. The molecule has 164 valence electrons. The van der Waals surface area contributed by atoms with Gasteiger partial charge < -0.3 is 20.7 Å². The van der Waals surface area contributed by atoms with Gasteiger partial charge in [0.25, 0.3) is 5.91 Å². The highest BCUT2D eigenvalue weighted by Crippen LogP contribution is 2.17. The second kappa shape index (κ2) is 12.1. The van der Waals surface area contributed by atoms with Crippen LogP contribution in [0.15, 0.2) is 54.6 Å². The van der Waals surface area contributed by atoms with E-state index in [0.29, 0.717) is 12.2 Å². The van der Waals surface area contributed by atoms with Crippen molar-refractivity contribution < 1.29 is 23.9 Å². The van der Waals surface area contributed by atoms with Gasteiger partial charge in [0.2, 0.25) is 11.8 Å². The molecule has 0 aliphatic carbocycles. The predicted octanol–water partition coefficient (Wildman–Crippen LogP) is 2.06. The minimum atomic E-state index is -0.756. The molecule has 0 aliphatic heterocycles. The van der Waals surface area contributed by atoms with Gasteiger partial charge in [0.15, 0.2) is 6.61 Å². The van der Waals surface area contributed by atoms with Crippen LogP contribution in [0.1, 0.15) is 36.2 Å². The highest BCUT2D eigenvalue weighted by molar-refractivity contribution is 6.02. The fraction of sp³-hybridized carbons (Fsp3) is 0.304. The van der Waals surface area contributed by atoms with E-state index < -0.39 is 24.5 Å². The Hall–Kier alpha value is -3.68. The number of carbonyl (C=O) groups excluding carboxylic acids is 4. The minimum absolute atomic E-state index is 0.130. The largest absolute Gasteiger partial charge is 0.452 e. The van der Waals surface area contributed by atoms with E-state index >= 15 is 0 Å². The van der Waals surface area contributed by atoms with Crippen molar-refractivity contribution in [3.63, 3.8) is 0 Å². The smallest absolute Gasteiger partial charge is 0.340 e.